The lowest BCUT2D eigenvalue weighted by Gasteiger charge is -2.11. The van der Waals surface area contributed by atoms with Gasteiger partial charge in [0.1, 0.15) is 11.5 Å². The summed E-state index contributed by atoms with van der Waals surface area (Å²) in [4.78, 5) is 23.6. The average molecular weight is 329 g/mol. The Morgan fingerprint density at radius 3 is 2.62 bits per heavy atom. The van der Waals surface area contributed by atoms with Gasteiger partial charge in [-0.05, 0) is 42.8 Å². The standard InChI is InChI=1S/C18H19NO5/c1-13(18(21)19-12-16-4-3-11-23-16)24-17(20)10-7-14-5-8-15(22-2)9-6-14/h3-11,13H,12H2,1-2H3,(H,19,21)/b10-7+/t13-/m0/s1. The first-order valence-corrected chi connectivity index (χ1v) is 7.41. The third-order valence-electron chi connectivity index (χ3n) is 3.21. The van der Waals surface area contributed by atoms with Crippen LogP contribution in [0.1, 0.15) is 18.2 Å². The molecule has 0 saturated carbocycles. The molecule has 0 aliphatic heterocycles. The molecule has 2 aromatic rings. The van der Waals surface area contributed by atoms with Crippen molar-refractivity contribution in [1.29, 1.82) is 0 Å². The summed E-state index contributed by atoms with van der Waals surface area (Å²) < 4.78 is 15.2. The summed E-state index contributed by atoms with van der Waals surface area (Å²) in [5, 5.41) is 2.63. The summed E-state index contributed by atoms with van der Waals surface area (Å²) in [6.45, 7) is 1.76. The molecule has 2 rings (SSSR count). The van der Waals surface area contributed by atoms with E-state index in [4.69, 9.17) is 13.9 Å². The molecule has 6 heteroatoms. The topological polar surface area (TPSA) is 77.8 Å². The van der Waals surface area contributed by atoms with Crippen LogP contribution in [0, 0.1) is 0 Å². The first-order valence-electron chi connectivity index (χ1n) is 7.41. The van der Waals surface area contributed by atoms with Crippen LogP contribution in [0.4, 0.5) is 0 Å². The number of carbonyl (C=O) groups is 2. The molecule has 0 bridgehead atoms. The summed E-state index contributed by atoms with van der Waals surface area (Å²) in [7, 11) is 1.58. The monoisotopic (exact) mass is 329 g/mol. The highest BCUT2D eigenvalue weighted by atomic mass is 16.5. The van der Waals surface area contributed by atoms with Crippen molar-refractivity contribution in [3.05, 3.63) is 60.1 Å². The number of hydrogen-bond donors (Lipinski definition) is 1. The first kappa shape index (κ1) is 17.3. The minimum absolute atomic E-state index is 0.245. The smallest absolute Gasteiger partial charge is 0.331 e. The van der Waals surface area contributed by atoms with Crippen molar-refractivity contribution < 1.29 is 23.5 Å². The highest BCUT2D eigenvalue weighted by Gasteiger charge is 2.16. The van der Waals surface area contributed by atoms with Gasteiger partial charge in [0.25, 0.3) is 5.91 Å². The van der Waals surface area contributed by atoms with E-state index >= 15 is 0 Å². The molecule has 126 valence electrons. The predicted octanol–water partition coefficient (Wildman–Crippen LogP) is 2.55. The average Bonchev–Trinajstić information content (AvgIpc) is 3.11. The SMILES string of the molecule is COc1ccc(/C=C/C(=O)O[C@@H](C)C(=O)NCc2ccco2)cc1. The van der Waals surface area contributed by atoms with Crippen LogP contribution in [-0.2, 0) is 20.9 Å². The number of furan rings is 1. The summed E-state index contributed by atoms with van der Waals surface area (Å²) in [5.41, 5.74) is 0.822. The van der Waals surface area contributed by atoms with E-state index in [1.165, 1.54) is 19.3 Å². The maximum atomic E-state index is 11.9. The van der Waals surface area contributed by atoms with Crippen LogP contribution in [0.5, 0.6) is 5.75 Å². The number of benzene rings is 1. The number of esters is 1. The number of amides is 1. The number of hydrogen-bond acceptors (Lipinski definition) is 5. The molecular weight excluding hydrogens is 310 g/mol. The molecule has 0 aliphatic rings. The van der Waals surface area contributed by atoms with E-state index in [9.17, 15) is 9.59 Å². The van der Waals surface area contributed by atoms with E-state index in [0.29, 0.717) is 5.76 Å². The summed E-state index contributed by atoms with van der Waals surface area (Å²) in [6.07, 6.45) is 3.51. The highest BCUT2D eigenvalue weighted by Crippen LogP contribution is 2.12. The van der Waals surface area contributed by atoms with Crippen LogP contribution >= 0.6 is 0 Å². The first-order chi connectivity index (χ1) is 11.6. The fourth-order valence-corrected chi connectivity index (χ4v) is 1.88. The summed E-state index contributed by atoms with van der Waals surface area (Å²) >= 11 is 0. The Balaban J connectivity index is 1.79. The third-order valence-corrected chi connectivity index (χ3v) is 3.21. The quantitative estimate of drug-likeness (QED) is 0.624. The van der Waals surface area contributed by atoms with Gasteiger partial charge in [-0.2, -0.15) is 0 Å². The molecular formula is C18H19NO5. The van der Waals surface area contributed by atoms with Gasteiger partial charge in [-0.3, -0.25) is 4.79 Å². The van der Waals surface area contributed by atoms with E-state index in [1.54, 1.807) is 37.5 Å². The molecule has 1 aromatic heterocycles. The second-order valence-corrected chi connectivity index (χ2v) is 4.98. The lowest BCUT2D eigenvalue weighted by molar-refractivity contribution is -0.150. The summed E-state index contributed by atoms with van der Waals surface area (Å²) in [5.74, 6) is 0.377. The van der Waals surface area contributed by atoms with Gasteiger partial charge in [-0.1, -0.05) is 12.1 Å². The van der Waals surface area contributed by atoms with E-state index < -0.39 is 18.0 Å². The second kappa shape index (κ2) is 8.57. The van der Waals surface area contributed by atoms with E-state index in [0.717, 1.165) is 11.3 Å². The molecule has 1 atom stereocenters. The minimum Gasteiger partial charge on any atom is -0.497 e. The highest BCUT2D eigenvalue weighted by molar-refractivity contribution is 5.90. The van der Waals surface area contributed by atoms with Crippen LogP contribution in [0.15, 0.2) is 53.2 Å². The van der Waals surface area contributed by atoms with Crippen LogP contribution in [0.2, 0.25) is 0 Å². The van der Waals surface area contributed by atoms with Gasteiger partial charge in [-0.25, -0.2) is 4.79 Å². The van der Waals surface area contributed by atoms with Crippen LogP contribution in [0.25, 0.3) is 6.08 Å². The molecule has 1 heterocycles. The largest absolute Gasteiger partial charge is 0.497 e. The van der Waals surface area contributed by atoms with Gasteiger partial charge >= 0.3 is 5.97 Å². The fourth-order valence-electron chi connectivity index (χ4n) is 1.88. The zero-order chi connectivity index (χ0) is 17.4. The molecule has 0 radical (unpaired) electrons. The van der Waals surface area contributed by atoms with Crippen molar-refractivity contribution in [2.45, 2.75) is 19.6 Å². The fraction of sp³-hybridized carbons (Fsp3) is 0.222. The third kappa shape index (κ3) is 5.31. The van der Waals surface area contributed by atoms with Crippen molar-refractivity contribution in [3.8, 4) is 5.75 Å². The Bertz CT molecular complexity index is 689. The lowest BCUT2D eigenvalue weighted by Crippen LogP contribution is -2.35. The maximum absolute atomic E-state index is 11.9. The Morgan fingerprint density at radius 2 is 2.00 bits per heavy atom. The normalized spacial score (nSPS) is 11.9. The minimum atomic E-state index is -0.895. The molecule has 0 fully saturated rings. The van der Waals surface area contributed by atoms with Gasteiger partial charge < -0.3 is 19.2 Å². The van der Waals surface area contributed by atoms with Gasteiger partial charge in [0.2, 0.25) is 0 Å². The molecule has 6 nitrogen and oxygen atoms in total. The van der Waals surface area contributed by atoms with Crippen LogP contribution in [-0.4, -0.2) is 25.1 Å². The van der Waals surface area contributed by atoms with Crippen molar-refractivity contribution in [1.82, 2.24) is 5.32 Å². The molecule has 0 unspecified atom stereocenters. The van der Waals surface area contributed by atoms with E-state index in [-0.39, 0.29) is 6.54 Å². The van der Waals surface area contributed by atoms with Crippen molar-refractivity contribution >= 4 is 18.0 Å². The maximum Gasteiger partial charge on any atom is 0.331 e. The van der Waals surface area contributed by atoms with Crippen molar-refractivity contribution in [2.24, 2.45) is 0 Å². The molecule has 1 aromatic carbocycles. The number of carbonyl (C=O) groups excluding carboxylic acids is 2. The molecule has 0 saturated heterocycles. The molecule has 24 heavy (non-hydrogen) atoms. The zero-order valence-electron chi connectivity index (χ0n) is 13.5. The van der Waals surface area contributed by atoms with E-state index in [2.05, 4.69) is 5.32 Å². The van der Waals surface area contributed by atoms with Gasteiger partial charge in [-0.15, -0.1) is 0 Å². The Kier molecular flexibility index (Phi) is 6.19. The lowest BCUT2D eigenvalue weighted by atomic mass is 10.2. The van der Waals surface area contributed by atoms with Crippen molar-refractivity contribution in [2.75, 3.05) is 7.11 Å². The van der Waals surface area contributed by atoms with E-state index in [1.807, 2.05) is 12.1 Å². The van der Waals surface area contributed by atoms with Gasteiger partial charge in [0.15, 0.2) is 6.10 Å². The van der Waals surface area contributed by atoms with Gasteiger partial charge in [0.05, 0.1) is 19.9 Å². The number of rotatable bonds is 7. The number of methoxy groups -OCH3 is 1. The van der Waals surface area contributed by atoms with Gasteiger partial charge in [0, 0.05) is 6.08 Å². The molecule has 1 N–H and O–H groups in total. The predicted molar refractivity (Wildman–Crippen MR) is 88.1 cm³/mol. The Morgan fingerprint density at radius 1 is 1.25 bits per heavy atom. The number of ether oxygens (including phenoxy) is 2. The molecule has 0 spiro atoms. The Labute approximate surface area is 140 Å². The molecule has 0 aliphatic carbocycles. The van der Waals surface area contributed by atoms with Crippen LogP contribution < -0.4 is 10.1 Å². The van der Waals surface area contributed by atoms with Crippen LogP contribution in [0.3, 0.4) is 0 Å². The summed E-state index contributed by atoms with van der Waals surface area (Å²) in [6, 6.07) is 10.7. The van der Waals surface area contributed by atoms with Crippen molar-refractivity contribution in [3.63, 3.8) is 0 Å². The Hall–Kier alpha value is -3.02. The number of nitrogens with one attached hydrogen (secondary N) is 1. The zero-order valence-corrected chi connectivity index (χ0v) is 13.5. The molecule has 1 amide bonds. The second-order valence-electron chi connectivity index (χ2n) is 4.98.